The summed E-state index contributed by atoms with van der Waals surface area (Å²) in [6.07, 6.45) is 8.50. The summed E-state index contributed by atoms with van der Waals surface area (Å²) in [5, 5.41) is 0. The van der Waals surface area contributed by atoms with Gasteiger partial charge in [0.25, 0.3) is 0 Å². The summed E-state index contributed by atoms with van der Waals surface area (Å²) in [7, 11) is 13.3. The molecule has 0 radical (unpaired) electrons. The molecule has 4 aliphatic carbocycles. The molecule has 7 heterocycles. The van der Waals surface area contributed by atoms with Crippen molar-refractivity contribution >= 4 is 42.2 Å². The highest BCUT2D eigenvalue weighted by molar-refractivity contribution is 5.78. The molecule has 7 atom stereocenters. The summed E-state index contributed by atoms with van der Waals surface area (Å²) >= 11 is 0. The van der Waals surface area contributed by atoms with E-state index in [1.54, 1.807) is 0 Å². The molecule has 722 valence electrons. The molecule has 14 amide bonds. The van der Waals surface area contributed by atoms with E-state index in [0.717, 1.165) is 124 Å². The van der Waals surface area contributed by atoms with Crippen LogP contribution < -0.4 is 0 Å². The van der Waals surface area contributed by atoms with E-state index >= 15 is 0 Å². The zero-order valence-corrected chi connectivity index (χ0v) is 87.1. The second kappa shape index (κ2) is 46.9. The van der Waals surface area contributed by atoms with Crippen molar-refractivity contribution < 1.29 is 33.6 Å². The number of urea groups is 7. The molecule has 0 bridgehead atoms. The van der Waals surface area contributed by atoms with E-state index < -0.39 is 0 Å². The summed E-state index contributed by atoms with van der Waals surface area (Å²) in [5.41, 5.74) is 0.747. The fraction of sp³-hybridized carbons (Fsp3) is 0.927. The smallest absolute Gasteiger partial charge is 0.320 e. The molecule has 7 unspecified atom stereocenters. The first-order chi connectivity index (χ1) is 57.4. The van der Waals surface area contributed by atoms with Gasteiger partial charge in [0.1, 0.15) is 0 Å². The van der Waals surface area contributed by atoms with Crippen LogP contribution in [0.25, 0.3) is 0 Å². The van der Waals surface area contributed by atoms with Crippen molar-refractivity contribution in [1.29, 1.82) is 0 Å². The van der Waals surface area contributed by atoms with Crippen LogP contribution in [0.15, 0.2) is 0 Å². The molecule has 7 aliphatic heterocycles. The molecule has 11 aliphatic rings. The molecule has 3 spiro atoms. The van der Waals surface area contributed by atoms with Gasteiger partial charge in [0.05, 0.1) is 11.6 Å². The topological polar surface area (TPSA) is 188 Å². The van der Waals surface area contributed by atoms with Crippen molar-refractivity contribution in [2.45, 2.75) is 417 Å². The highest BCUT2D eigenvalue weighted by Crippen LogP contribution is 2.48. The zero-order chi connectivity index (χ0) is 94.5. The average molecular weight is 1750 g/mol. The summed E-state index contributed by atoms with van der Waals surface area (Å²) in [5.74, 6) is 0. The lowest BCUT2D eigenvalue weighted by atomic mass is 10.0. The van der Waals surface area contributed by atoms with E-state index in [1.165, 1.54) is 38.5 Å². The van der Waals surface area contributed by atoms with Gasteiger partial charge < -0.3 is 68.6 Å². The van der Waals surface area contributed by atoms with Crippen LogP contribution in [0.5, 0.6) is 0 Å². The lowest BCUT2D eigenvalue weighted by molar-refractivity contribution is 0.0129. The van der Waals surface area contributed by atoms with Crippen LogP contribution in [0.3, 0.4) is 0 Å². The van der Waals surface area contributed by atoms with Gasteiger partial charge in [-0.25, -0.2) is 33.6 Å². The number of rotatable bonds is 14. The Morgan fingerprint density at radius 1 is 0.258 bits per heavy atom. The standard InChI is InChI=1S/C15H29N3O.2C14H27N3O.C14H29N3O.C13H25N3O.2C13H27N3O/c1-11(2)16(6)14(19)17-10-15(7-8-15)18(12(3)4)9-13(17)5;1-11(2)15(5)13(18)16-8-9-17(12(3)4)14(10-16)6-7-14;1-11(2)15(5)13(18)17-9-8-16(12(3)4)10-14(17)6-7-14;1-10(2)15(7)14(18)17-12(5)8-16(11(3)4)9-13(17)6;1-9(2)14(5)13(17)16-7-6-15(10(3)4)11-8-12(11)16;1-10(2)14(6)13(17)15-7-8-16(11(3)4)12(5)9-15;1-10(2)14(6)13(17)16-8-7-15(11(3)4)9-12(16)5/h11-13H,7-10H2,1-6H3;2*11-12H,6-10H2,1-5H3;10-13H,8-9H2,1-7H3;9-12H,6-8H2,1-5H3;2*10-12H,7-9H2,1-6H3. The maximum absolute atomic E-state index is 12.6. The normalized spacial score (nSPS) is 24.5. The molecular weight excluding hydrogens is 1560 g/mol. The van der Waals surface area contributed by atoms with Crippen molar-refractivity contribution in [1.82, 2.24) is 103 Å². The fourth-order valence-electron chi connectivity index (χ4n) is 18.7. The predicted octanol–water partition coefficient (Wildman–Crippen LogP) is 14.0. The molecule has 11 fully saturated rings. The number of carbonyl (C=O) groups excluding carboxylic acids is 7. The monoisotopic (exact) mass is 1750 g/mol. The molecule has 11 rings (SSSR count). The number of hydrogen-bond acceptors (Lipinski definition) is 14. The number of fused-ring (bicyclic) bond motifs is 1. The van der Waals surface area contributed by atoms with Gasteiger partial charge in [-0.2, -0.15) is 0 Å². The van der Waals surface area contributed by atoms with Gasteiger partial charge in [-0.15, -0.1) is 0 Å². The molecule has 28 heteroatoms. The summed E-state index contributed by atoms with van der Waals surface area (Å²) in [6, 6.07) is 9.91. The van der Waals surface area contributed by atoms with Crippen LogP contribution in [0, 0.1) is 0 Å². The van der Waals surface area contributed by atoms with Crippen molar-refractivity contribution in [2.24, 2.45) is 0 Å². The Kier molecular flexibility index (Phi) is 41.3. The van der Waals surface area contributed by atoms with E-state index in [4.69, 9.17) is 0 Å². The summed E-state index contributed by atoms with van der Waals surface area (Å²) in [4.78, 5) is 131. The predicted molar refractivity (Wildman–Crippen MR) is 513 cm³/mol. The Balaban J connectivity index is 0.000000257. The van der Waals surface area contributed by atoms with E-state index in [2.05, 4.69) is 250 Å². The van der Waals surface area contributed by atoms with Gasteiger partial charge in [0.15, 0.2) is 0 Å². The lowest BCUT2D eigenvalue weighted by Crippen LogP contribution is -2.63. The zero-order valence-electron chi connectivity index (χ0n) is 87.1. The molecule has 0 aromatic rings. The fourth-order valence-corrected chi connectivity index (χ4v) is 18.7. The number of carbonyl (C=O) groups is 7. The Morgan fingerprint density at radius 3 is 1.02 bits per heavy atom. The van der Waals surface area contributed by atoms with Gasteiger partial charge >= 0.3 is 42.2 Å². The molecule has 124 heavy (non-hydrogen) atoms. The summed E-state index contributed by atoms with van der Waals surface area (Å²) < 4.78 is 0. The number of piperazine rings is 7. The van der Waals surface area contributed by atoms with E-state index in [0.29, 0.717) is 78.0 Å². The third-order valence-electron chi connectivity index (χ3n) is 29.4. The molecule has 7 saturated heterocycles. The van der Waals surface area contributed by atoms with Crippen LogP contribution in [0.1, 0.15) is 273 Å². The maximum atomic E-state index is 12.6. The van der Waals surface area contributed by atoms with Gasteiger partial charge in [-0.3, -0.25) is 34.3 Å². The van der Waals surface area contributed by atoms with Crippen LogP contribution >= 0.6 is 0 Å². The third-order valence-corrected chi connectivity index (χ3v) is 29.4. The minimum atomic E-state index is 0.156. The molecule has 4 saturated carbocycles. The van der Waals surface area contributed by atoms with Gasteiger partial charge in [0.2, 0.25) is 0 Å². The van der Waals surface area contributed by atoms with Gasteiger partial charge in [-0.1, -0.05) is 0 Å². The number of nitrogens with zero attached hydrogens (tertiary/aromatic N) is 21. The number of hydrogen-bond donors (Lipinski definition) is 0. The van der Waals surface area contributed by atoms with Crippen molar-refractivity contribution in [3.8, 4) is 0 Å². The molecule has 0 aromatic carbocycles. The molecule has 0 N–H and O–H groups in total. The lowest BCUT2D eigenvalue weighted by Gasteiger charge is -2.49. The third kappa shape index (κ3) is 28.6. The molecular formula is C96H191N21O7. The first-order valence-corrected chi connectivity index (χ1v) is 48.9. The maximum Gasteiger partial charge on any atom is 0.320 e. The summed E-state index contributed by atoms with van der Waals surface area (Å²) in [6.45, 7) is 88.0. The number of amides is 14. The van der Waals surface area contributed by atoms with E-state index in [1.807, 2.05) is 131 Å². The Labute approximate surface area is 758 Å². The Morgan fingerprint density at radius 2 is 0.613 bits per heavy atom. The van der Waals surface area contributed by atoms with Gasteiger partial charge in [-0.05, 0) is 273 Å². The largest absolute Gasteiger partial charge is 0.325 e. The Bertz CT molecular complexity index is 3220. The highest BCUT2D eigenvalue weighted by Gasteiger charge is 2.57. The van der Waals surface area contributed by atoms with Crippen molar-refractivity contribution in [3.63, 3.8) is 0 Å². The minimum absolute atomic E-state index is 0.156. The van der Waals surface area contributed by atoms with Crippen LogP contribution in [0.2, 0.25) is 0 Å². The highest BCUT2D eigenvalue weighted by atomic mass is 16.2. The van der Waals surface area contributed by atoms with Crippen LogP contribution in [-0.4, -0.2) is 456 Å². The second-order valence-electron chi connectivity index (χ2n) is 43.0. The first-order valence-electron chi connectivity index (χ1n) is 48.9. The quantitative estimate of drug-likeness (QED) is 0.160. The SMILES string of the molecule is CC(C)N(C)C(=O)N1CC2(CC2)N(C(C)C)CC1C.CC(C)N(C)C(=O)N1CCN(C(C)C)C(C)C1.CC(C)N(C)C(=O)N1CCN(C(C)C)C2(CC2)C1.CC(C)N(C)C(=O)N1CCN(C(C)C)C2CC21.CC(C)N1CC(C)N(C(=O)N(C)C(C)C)C(C)C1.CC(C)N1CCN(C(=O)N(C)C(C)C)C(C)C1.CC(C)N1CCN(C(=O)N(C)C(C)C)C2(CC2)C1. The van der Waals surface area contributed by atoms with Crippen LogP contribution in [0.4, 0.5) is 33.6 Å². The van der Waals surface area contributed by atoms with Crippen molar-refractivity contribution in [3.05, 3.63) is 0 Å². The minimum Gasteiger partial charge on any atom is -0.325 e. The first kappa shape index (κ1) is 109. The van der Waals surface area contributed by atoms with Gasteiger partial charge in [0, 0.05) is 299 Å². The second-order valence-corrected chi connectivity index (χ2v) is 43.0. The van der Waals surface area contributed by atoms with E-state index in [9.17, 15) is 33.6 Å². The molecule has 0 aromatic heterocycles. The van der Waals surface area contributed by atoms with Crippen molar-refractivity contribution in [2.75, 3.05) is 167 Å². The van der Waals surface area contributed by atoms with Crippen LogP contribution in [-0.2, 0) is 0 Å². The van der Waals surface area contributed by atoms with E-state index in [-0.39, 0.29) is 108 Å². The molecule has 28 nitrogen and oxygen atoms in total. The Hall–Kier alpha value is -5.39. The average Bonchev–Trinajstić information content (AvgIpc) is 1.57.